The van der Waals surface area contributed by atoms with Gasteiger partial charge < -0.3 is 29.3 Å². The molecule has 0 aliphatic heterocycles. The van der Waals surface area contributed by atoms with Crippen molar-refractivity contribution in [1.82, 2.24) is 4.90 Å². The first-order valence-corrected chi connectivity index (χ1v) is 14.0. The van der Waals surface area contributed by atoms with Crippen LogP contribution in [0.1, 0.15) is 28.3 Å². The van der Waals surface area contributed by atoms with Crippen LogP contribution in [0.2, 0.25) is 0 Å². The number of hydrogen-bond donors (Lipinski definition) is 1. The predicted octanol–water partition coefficient (Wildman–Crippen LogP) is 6.04. The Hall–Kier alpha value is -4.98. The van der Waals surface area contributed by atoms with E-state index in [0.717, 1.165) is 22.4 Å². The summed E-state index contributed by atoms with van der Waals surface area (Å²) in [4.78, 5) is 32.1. The molecule has 0 saturated carbocycles. The summed E-state index contributed by atoms with van der Waals surface area (Å²) in [5.74, 6) is 0.587. The van der Waals surface area contributed by atoms with Gasteiger partial charge in [0.1, 0.15) is 6.04 Å². The first kappa shape index (κ1) is 31.0. The predicted molar refractivity (Wildman–Crippen MR) is 170 cm³/mol. The Morgan fingerprint density at radius 2 is 1.37 bits per heavy atom. The Morgan fingerprint density at radius 3 is 1.91 bits per heavy atom. The van der Waals surface area contributed by atoms with Crippen molar-refractivity contribution in [3.8, 4) is 17.2 Å². The van der Waals surface area contributed by atoms with Crippen LogP contribution in [0.5, 0.6) is 17.2 Å². The van der Waals surface area contributed by atoms with E-state index in [9.17, 15) is 9.59 Å². The number of nitrogens with one attached hydrogen (secondary N) is 1. The van der Waals surface area contributed by atoms with Gasteiger partial charge in [0, 0.05) is 32.0 Å². The molecule has 0 bridgehead atoms. The lowest BCUT2D eigenvalue weighted by Gasteiger charge is -2.32. The lowest BCUT2D eigenvalue weighted by atomic mass is 10.00. The first-order valence-electron chi connectivity index (χ1n) is 14.0. The average Bonchev–Trinajstić information content (AvgIpc) is 3.01. The third-order valence-corrected chi connectivity index (χ3v) is 7.21. The normalized spacial score (nSPS) is 11.3. The van der Waals surface area contributed by atoms with Crippen LogP contribution in [0.25, 0.3) is 0 Å². The number of hydrogen-bond acceptors (Lipinski definition) is 6. The second kappa shape index (κ2) is 14.3. The van der Waals surface area contributed by atoms with Crippen LogP contribution in [0, 0.1) is 6.92 Å². The molecule has 0 aliphatic rings. The van der Waals surface area contributed by atoms with Crippen molar-refractivity contribution in [2.24, 2.45) is 0 Å². The zero-order valence-electron chi connectivity index (χ0n) is 25.6. The SMILES string of the molecule is COc1cc(C(C(=O)Nc2ccc(N(C)C)cc2)N(Cc2ccc(C)cc2)C(=O)Cc2ccccc2)cc(OC)c1OC. The molecule has 4 aromatic rings. The minimum atomic E-state index is -1.03. The molecule has 2 amide bonds. The van der Waals surface area contributed by atoms with Gasteiger partial charge in [0.2, 0.25) is 11.7 Å². The molecule has 0 fully saturated rings. The summed E-state index contributed by atoms with van der Waals surface area (Å²) in [7, 11) is 8.47. The molecule has 0 spiro atoms. The summed E-state index contributed by atoms with van der Waals surface area (Å²) in [6.07, 6.45) is 0.123. The Labute approximate surface area is 253 Å². The topological polar surface area (TPSA) is 80.3 Å². The fraction of sp³-hybridized carbons (Fsp3) is 0.257. The lowest BCUT2D eigenvalue weighted by molar-refractivity contribution is -0.139. The minimum Gasteiger partial charge on any atom is -0.493 e. The number of nitrogens with zero attached hydrogens (tertiary/aromatic N) is 2. The number of benzene rings is 4. The van der Waals surface area contributed by atoms with Crippen molar-refractivity contribution in [3.63, 3.8) is 0 Å². The highest BCUT2D eigenvalue weighted by molar-refractivity contribution is 5.98. The maximum absolute atomic E-state index is 14.3. The molecule has 1 unspecified atom stereocenters. The largest absolute Gasteiger partial charge is 0.493 e. The molecule has 8 heteroatoms. The Balaban J connectivity index is 1.84. The van der Waals surface area contributed by atoms with E-state index in [4.69, 9.17) is 14.2 Å². The van der Waals surface area contributed by atoms with Crippen LogP contribution in [0.15, 0.2) is 91.0 Å². The first-order chi connectivity index (χ1) is 20.7. The zero-order chi connectivity index (χ0) is 30.9. The molecular formula is C35H39N3O5. The molecule has 0 aromatic heterocycles. The number of methoxy groups -OCH3 is 3. The number of ether oxygens (including phenoxy) is 3. The summed E-state index contributed by atoms with van der Waals surface area (Å²) >= 11 is 0. The van der Waals surface area contributed by atoms with Gasteiger partial charge in [-0.25, -0.2) is 0 Å². The Morgan fingerprint density at radius 1 is 0.767 bits per heavy atom. The van der Waals surface area contributed by atoms with Gasteiger partial charge in [-0.05, 0) is 60.0 Å². The third kappa shape index (κ3) is 7.65. The third-order valence-electron chi connectivity index (χ3n) is 7.21. The second-order valence-electron chi connectivity index (χ2n) is 10.5. The van der Waals surface area contributed by atoms with E-state index in [2.05, 4.69) is 5.32 Å². The van der Waals surface area contributed by atoms with Crippen LogP contribution >= 0.6 is 0 Å². The molecule has 0 radical (unpaired) electrons. The molecule has 1 N–H and O–H groups in total. The van der Waals surface area contributed by atoms with Crippen molar-refractivity contribution >= 4 is 23.2 Å². The second-order valence-corrected chi connectivity index (χ2v) is 10.5. The number of carbonyl (C=O) groups is 2. The van der Waals surface area contributed by atoms with E-state index >= 15 is 0 Å². The van der Waals surface area contributed by atoms with Crippen molar-refractivity contribution in [2.75, 3.05) is 45.6 Å². The van der Waals surface area contributed by atoms with E-state index in [1.165, 1.54) is 21.3 Å². The maximum atomic E-state index is 14.3. The highest BCUT2D eigenvalue weighted by Gasteiger charge is 2.33. The molecule has 43 heavy (non-hydrogen) atoms. The number of rotatable bonds is 12. The molecule has 0 heterocycles. The van der Waals surface area contributed by atoms with Gasteiger partial charge in [0.05, 0.1) is 27.8 Å². The van der Waals surface area contributed by atoms with Gasteiger partial charge in [-0.3, -0.25) is 9.59 Å². The fourth-order valence-electron chi connectivity index (χ4n) is 4.87. The number of carbonyl (C=O) groups excluding carboxylic acids is 2. The summed E-state index contributed by atoms with van der Waals surface area (Å²) < 4.78 is 16.8. The van der Waals surface area contributed by atoms with Gasteiger partial charge in [-0.2, -0.15) is 0 Å². The molecule has 1 atom stereocenters. The Kier molecular flexibility index (Phi) is 10.3. The van der Waals surface area contributed by atoms with Gasteiger partial charge in [-0.1, -0.05) is 60.2 Å². The number of amides is 2. The molecular weight excluding hydrogens is 542 g/mol. The van der Waals surface area contributed by atoms with E-state index in [-0.39, 0.29) is 24.8 Å². The monoisotopic (exact) mass is 581 g/mol. The molecule has 0 saturated heterocycles. The average molecular weight is 582 g/mol. The molecule has 4 rings (SSSR count). The molecule has 0 aliphatic carbocycles. The fourth-order valence-corrected chi connectivity index (χ4v) is 4.87. The molecule has 8 nitrogen and oxygen atoms in total. The maximum Gasteiger partial charge on any atom is 0.251 e. The van der Waals surface area contributed by atoms with Gasteiger partial charge in [-0.15, -0.1) is 0 Å². The van der Waals surface area contributed by atoms with Crippen LogP contribution in [-0.2, 0) is 22.6 Å². The quantitative estimate of drug-likeness (QED) is 0.220. The summed E-state index contributed by atoms with van der Waals surface area (Å²) in [5.41, 5.74) is 4.98. The minimum absolute atomic E-state index is 0.123. The summed E-state index contributed by atoms with van der Waals surface area (Å²) in [6, 6.07) is 27.4. The lowest BCUT2D eigenvalue weighted by Crippen LogP contribution is -2.41. The summed E-state index contributed by atoms with van der Waals surface area (Å²) in [6.45, 7) is 2.22. The zero-order valence-corrected chi connectivity index (χ0v) is 25.6. The van der Waals surface area contributed by atoms with Crippen LogP contribution < -0.4 is 24.4 Å². The van der Waals surface area contributed by atoms with E-state index < -0.39 is 6.04 Å². The smallest absolute Gasteiger partial charge is 0.251 e. The van der Waals surface area contributed by atoms with Crippen LogP contribution in [0.3, 0.4) is 0 Å². The van der Waals surface area contributed by atoms with Gasteiger partial charge >= 0.3 is 0 Å². The molecule has 4 aromatic carbocycles. The van der Waals surface area contributed by atoms with Gasteiger partial charge in [0.25, 0.3) is 5.91 Å². The van der Waals surface area contributed by atoms with Crippen LogP contribution in [-0.4, -0.2) is 52.1 Å². The van der Waals surface area contributed by atoms with Gasteiger partial charge in [0.15, 0.2) is 11.5 Å². The van der Waals surface area contributed by atoms with E-state index in [1.807, 2.05) is 105 Å². The van der Waals surface area contributed by atoms with Crippen molar-refractivity contribution < 1.29 is 23.8 Å². The highest BCUT2D eigenvalue weighted by atomic mass is 16.5. The van der Waals surface area contributed by atoms with Crippen molar-refractivity contribution in [1.29, 1.82) is 0 Å². The van der Waals surface area contributed by atoms with E-state index in [0.29, 0.717) is 28.5 Å². The standard InChI is InChI=1S/C35H39N3O5/c1-24-12-14-26(15-13-24)23-38(32(39)20-25-10-8-7-9-11-25)33(27-21-30(41-4)34(43-6)31(22-27)42-5)35(40)36-28-16-18-29(19-17-28)37(2)3/h7-19,21-22,33H,20,23H2,1-6H3,(H,36,40). The molecule has 224 valence electrons. The van der Waals surface area contributed by atoms with Crippen molar-refractivity contribution in [2.45, 2.75) is 25.9 Å². The van der Waals surface area contributed by atoms with Crippen molar-refractivity contribution in [3.05, 3.63) is 113 Å². The number of aryl methyl sites for hydroxylation is 1. The van der Waals surface area contributed by atoms with E-state index in [1.54, 1.807) is 17.0 Å². The number of anilines is 2. The Bertz CT molecular complexity index is 1490. The van der Waals surface area contributed by atoms with Crippen LogP contribution in [0.4, 0.5) is 11.4 Å². The summed E-state index contributed by atoms with van der Waals surface area (Å²) in [5, 5.41) is 3.04. The highest BCUT2D eigenvalue weighted by Crippen LogP contribution is 2.41.